The lowest BCUT2D eigenvalue weighted by Crippen LogP contribution is -2.29. The van der Waals surface area contributed by atoms with E-state index in [9.17, 15) is 4.79 Å². The molecule has 0 saturated carbocycles. The average molecular weight is 538 g/mol. The number of nitrogens with zero attached hydrogens (tertiary/aromatic N) is 3. The van der Waals surface area contributed by atoms with Crippen LogP contribution in [0.25, 0.3) is 5.69 Å². The van der Waals surface area contributed by atoms with Crippen molar-refractivity contribution in [3.8, 4) is 5.69 Å². The van der Waals surface area contributed by atoms with Gasteiger partial charge in [0, 0.05) is 41.1 Å². The lowest BCUT2D eigenvalue weighted by atomic mass is 9.96. The summed E-state index contributed by atoms with van der Waals surface area (Å²) in [5.74, 6) is -0.00353. The lowest BCUT2D eigenvalue weighted by Gasteiger charge is -2.29. The van der Waals surface area contributed by atoms with E-state index in [0.717, 1.165) is 22.6 Å². The highest BCUT2D eigenvalue weighted by molar-refractivity contribution is 7.80. The monoisotopic (exact) mass is 537 g/mol. The molecule has 1 aliphatic rings. The Hall–Kier alpha value is -3.97. The Morgan fingerprint density at radius 2 is 1.79 bits per heavy atom. The van der Waals surface area contributed by atoms with Gasteiger partial charge in [0.1, 0.15) is 0 Å². The number of aryl methyl sites for hydroxylation is 4. The Kier molecular flexibility index (Phi) is 7.28. The normalized spacial score (nSPS) is 16.9. The molecule has 2 unspecified atom stereocenters. The smallest absolute Gasteiger partial charge is 0.224 e. The molecule has 6 nitrogen and oxygen atoms in total. The number of carbonyl (C=O) groups is 1. The molecule has 7 heteroatoms. The average Bonchev–Trinajstić information content (AvgIpc) is 3.41. The number of rotatable bonds is 6. The molecule has 1 aliphatic heterocycles. The molecular formula is C32H35N5OS. The number of carbonyl (C=O) groups excluding carboxylic acids is 1. The first-order valence-electron chi connectivity index (χ1n) is 13.4. The molecule has 39 heavy (non-hydrogen) atoms. The van der Waals surface area contributed by atoms with Crippen LogP contribution in [0.2, 0.25) is 0 Å². The molecule has 0 spiro atoms. The van der Waals surface area contributed by atoms with Crippen LogP contribution in [0.3, 0.4) is 0 Å². The van der Waals surface area contributed by atoms with Gasteiger partial charge < -0.3 is 20.1 Å². The molecule has 2 aromatic carbocycles. The fraction of sp³-hybridized carbons (Fsp3) is 0.281. The second kappa shape index (κ2) is 10.7. The maximum Gasteiger partial charge on any atom is 0.224 e. The van der Waals surface area contributed by atoms with Crippen LogP contribution in [0.4, 0.5) is 11.4 Å². The van der Waals surface area contributed by atoms with Crippen LogP contribution in [-0.4, -0.2) is 20.6 Å². The number of hydrogen-bond acceptors (Lipinski definition) is 3. The van der Waals surface area contributed by atoms with E-state index < -0.39 is 0 Å². The fourth-order valence-corrected chi connectivity index (χ4v) is 5.89. The first-order chi connectivity index (χ1) is 18.7. The lowest BCUT2D eigenvalue weighted by molar-refractivity contribution is -0.115. The molecular weight excluding hydrogens is 502 g/mol. The Morgan fingerprint density at radius 1 is 1.00 bits per heavy atom. The van der Waals surface area contributed by atoms with Crippen LogP contribution in [0, 0.1) is 34.6 Å². The summed E-state index contributed by atoms with van der Waals surface area (Å²) in [6, 6.07) is 20.7. The van der Waals surface area contributed by atoms with Gasteiger partial charge in [0.25, 0.3) is 0 Å². The third-order valence-corrected chi connectivity index (χ3v) is 7.89. The predicted octanol–water partition coefficient (Wildman–Crippen LogP) is 6.94. The van der Waals surface area contributed by atoms with Crippen molar-refractivity contribution >= 4 is 34.6 Å². The van der Waals surface area contributed by atoms with Gasteiger partial charge >= 0.3 is 0 Å². The van der Waals surface area contributed by atoms with Crippen LogP contribution in [0.1, 0.15) is 64.8 Å². The standard InChI is InChI=1S/C32H35N5OS/c1-7-29(38)34-26-14-13-24(17-21(26)4)37-31(30(35-32(37)39)27-10-8-9-15-33-27)25-18-22(5)36(23(25)6)28-16-19(2)11-12-20(28)3/h8-18,30-31H,7H2,1-6H3,(H,34,38)(H,35,39). The minimum Gasteiger partial charge on any atom is -0.351 e. The molecule has 1 fully saturated rings. The summed E-state index contributed by atoms with van der Waals surface area (Å²) < 4.78 is 2.35. The second-order valence-electron chi connectivity index (χ2n) is 10.3. The molecule has 2 N–H and O–H groups in total. The number of aromatic nitrogens is 2. The van der Waals surface area contributed by atoms with Gasteiger partial charge in [-0.3, -0.25) is 9.78 Å². The van der Waals surface area contributed by atoms with E-state index in [4.69, 9.17) is 17.2 Å². The highest BCUT2D eigenvalue weighted by atomic mass is 32.1. The van der Waals surface area contributed by atoms with Crippen LogP contribution in [0.15, 0.2) is 66.9 Å². The summed E-state index contributed by atoms with van der Waals surface area (Å²) in [5, 5.41) is 7.22. The molecule has 5 rings (SSSR count). The fourth-order valence-electron chi connectivity index (χ4n) is 5.54. The van der Waals surface area contributed by atoms with Crippen molar-refractivity contribution in [2.45, 2.75) is 60.0 Å². The van der Waals surface area contributed by atoms with Crippen molar-refractivity contribution in [3.05, 3.63) is 106 Å². The van der Waals surface area contributed by atoms with Gasteiger partial charge in [-0.05, 0) is 112 Å². The number of anilines is 2. The van der Waals surface area contributed by atoms with E-state index >= 15 is 0 Å². The van der Waals surface area contributed by atoms with Crippen molar-refractivity contribution in [1.29, 1.82) is 0 Å². The van der Waals surface area contributed by atoms with Crippen molar-refractivity contribution < 1.29 is 4.79 Å². The Labute approximate surface area is 236 Å². The van der Waals surface area contributed by atoms with Crippen molar-refractivity contribution in [2.24, 2.45) is 0 Å². The quantitative estimate of drug-likeness (QED) is 0.261. The molecule has 0 aliphatic carbocycles. The van der Waals surface area contributed by atoms with Gasteiger partial charge in [-0.25, -0.2) is 0 Å². The molecule has 2 aromatic heterocycles. The van der Waals surface area contributed by atoms with Gasteiger partial charge in [-0.15, -0.1) is 0 Å². The van der Waals surface area contributed by atoms with Gasteiger partial charge in [0.05, 0.1) is 17.8 Å². The molecule has 0 radical (unpaired) electrons. The summed E-state index contributed by atoms with van der Waals surface area (Å²) in [6.45, 7) is 12.5. The SMILES string of the molecule is CCC(=O)Nc1ccc(N2C(=S)NC(c3ccccn3)C2c2cc(C)n(-c3cc(C)ccc3C)c2C)cc1C. The van der Waals surface area contributed by atoms with Crippen molar-refractivity contribution in [1.82, 2.24) is 14.9 Å². The zero-order valence-electron chi connectivity index (χ0n) is 23.4. The Balaban J connectivity index is 1.65. The van der Waals surface area contributed by atoms with Crippen LogP contribution < -0.4 is 15.5 Å². The van der Waals surface area contributed by atoms with E-state index in [1.54, 1.807) is 0 Å². The number of pyridine rings is 1. The van der Waals surface area contributed by atoms with Crippen LogP contribution >= 0.6 is 12.2 Å². The highest BCUT2D eigenvalue weighted by Gasteiger charge is 2.42. The third-order valence-electron chi connectivity index (χ3n) is 7.58. The summed E-state index contributed by atoms with van der Waals surface area (Å²) in [7, 11) is 0. The summed E-state index contributed by atoms with van der Waals surface area (Å²) >= 11 is 5.97. The molecule has 4 aromatic rings. The summed E-state index contributed by atoms with van der Waals surface area (Å²) in [5.41, 5.74) is 10.9. The van der Waals surface area contributed by atoms with E-state index in [0.29, 0.717) is 11.5 Å². The number of hydrogen-bond donors (Lipinski definition) is 2. The van der Waals surface area contributed by atoms with E-state index in [-0.39, 0.29) is 18.0 Å². The van der Waals surface area contributed by atoms with Crippen LogP contribution in [-0.2, 0) is 4.79 Å². The van der Waals surface area contributed by atoms with Gasteiger partial charge in [0.2, 0.25) is 5.91 Å². The van der Waals surface area contributed by atoms with Gasteiger partial charge in [0.15, 0.2) is 5.11 Å². The predicted molar refractivity (Wildman–Crippen MR) is 163 cm³/mol. The Bertz CT molecular complexity index is 1560. The second-order valence-corrected chi connectivity index (χ2v) is 10.7. The van der Waals surface area contributed by atoms with E-state index in [1.807, 2.05) is 44.3 Å². The van der Waals surface area contributed by atoms with Crippen molar-refractivity contribution in [3.63, 3.8) is 0 Å². The number of thiocarbonyl (C=S) groups is 1. The minimum absolute atomic E-state index is 0.00353. The number of nitrogens with one attached hydrogen (secondary N) is 2. The molecule has 1 amide bonds. The Morgan fingerprint density at radius 3 is 2.49 bits per heavy atom. The summed E-state index contributed by atoms with van der Waals surface area (Å²) in [4.78, 5) is 18.9. The molecule has 0 bridgehead atoms. The molecule has 200 valence electrons. The minimum atomic E-state index is -0.133. The maximum absolute atomic E-state index is 12.0. The zero-order valence-corrected chi connectivity index (χ0v) is 24.2. The van der Waals surface area contributed by atoms with E-state index in [2.05, 4.69) is 84.2 Å². The largest absolute Gasteiger partial charge is 0.351 e. The maximum atomic E-state index is 12.0. The first kappa shape index (κ1) is 26.6. The molecule has 1 saturated heterocycles. The molecule has 2 atom stereocenters. The van der Waals surface area contributed by atoms with Crippen LogP contribution in [0.5, 0.6) is 0 Å². The van der Waals surface area contributed by atoms with Gasteiger partial charge in [-0.1, -0.05) is 25.1 Å². The third kappa shape index (κ3) is 4.94. The highest BCUT2D eigenvalue weighted by Crippen LogP contribution is 2.44. The first-order valence-corrected chi connectivity index (χ1v) is 13.8. The number of amides is 1. The molecule has 3 heterocycles. The summed E-state index contributed by atoms with van der Waals surface area (Å²) in [6.07, 6.45) is 2.26. The number of benzene rings is 2. The van der Waals surface area contributed by atoms with Gasteiger partial charge in [-0.2, -0.15) is 0 Å². The zero-order chi connectivity index (χ0) is 27.8. The topological polar surface area (TPSA) is 62.2 Å². The van der Waals surface area contributed by atoms with E-state index in [1.165, 1.54) is 33.8 Å². The van der Waals surface area contributed by atoms with Crippen molar-refractivity contribution in [2.75, 3.05) is 10.2 Å².